The molecule has 5 nitrogen and oxygen atoms in total. The molecule has 1 aromatic heterocycles. The zero-order chi connectivity index (χ0) is 10.7. The van der Waals surface area contributed by atoms with Gasteiger partial charge in [0.15, 0.2) is 5.69 Å². The largest absolute Gasteiger partial charge is 0.464 e. The number of aromatic nitrogens is 1. The van der Waals surface area contributed by atoms with E-state index >= 15 is 0 Å². The summed E-state index contributed by atoms with van der Waals surface area (Å²) in [7, 11) is 1.21. The summed E-state index contributed by atoms with van der Waals surface area (Å²) in [6.45, 7) is 0. The van der Waals surface area contributed by atoms with Gasteiger partial charge in [0, 0.05) is 0 Å². The van der Waals surface area contributed by atoms with Crippen LogP contribution in [-0.2, 0) is 4.74 Å². The van der Waals surface area contributed by atoms with Gasteiger partial charge in [0.05, 0.1) is 12.8 Å². The number of carbonyl (C=O) groups excluding carboxylic acids is 1. The smallest absolute Gasteiger partial charge is 0.356 e. The monoisotopic (exact) mass is 211 g/mol. The lowest BCUT2D eigenvalue weighted by Crippen LogP contribution is -2.07. The van der Waals surface area contributed by atoms with E-state index in [1.165, 1.54) is 13.2 Å². The van der Waals surface area contributed by atoms with Crippen LogP contribution in [0, 0.1) is 11.3 Å². The number of nitrogens with zero attached hydrogens (tertiary/aromatic N) is 2. The molecule has 0 saturated carbocycles. The normalized spacial score (nSPS) is 9.21. The van der Waals surface area contributed by atoms with Crippen molar-refractivity contribution in [1.29, 1.82) is 5.26 Å². The number of rotatable bonds is 1. The maximum atomic E-state index is 11.0. The highest BCUT2D eigenvalue weighted by Crippen LogP contribution is 2.20. The second-order valence-corrected chi connectivity index (χ2v) is 2.72. The van der Waals surface area contributed by atoms with E-state index in [4.69, 9.17) is 22.6 Å². The summed E-state index contributed by atoms with van der Waals surface area (Å²) in [4.78, 5) is 14.7. The van der Waals surface area contributed by atoms with Gasteiger partial charge in [-0.2, -0.15) is 5.26 Å². The average Bonchev–Trinajstić information content (AvgIpc) is 2.16. The Morgan fingerprint density at radius 2 is 2.43 bits per heavy atom. The molecule has 1 aromatic rings. The molecule has 0 aliphatic carbocycles. The van der Waals surface area contributed by atoms with Crippen molar-refractivity contribution >= 4 is 23.3 Å². The number of halogens is 1. The maximum absolute atomic E-state index is 11.0. The maximum Gasteiger partial charge on any atom is 0.356 e. The Hall–Kier alpha value is -1.80. The molecule has 1 rings (SSSR count). The molecular formula is C8H6ClN3O2. The Bertz CT molecular complexity index is 402. The predicted octanol–water partition coefficient (Wildman–Crippen LogP) is 0.975. The van der Waals surface area contributed by atoms with Gasteiger partial charge in [-0.15, -0.1) is 0 Å². The van der Waals surface area contributed by atoms with Crippen molar-refractivity contribution in [2.45, 2.75) is 0 Å². The van der Waals surface area contributed by atoms with E-state index in [0.717, 1.165) is 0 Å². The van der Waals surface area contributed by atoms with E-state index in [1.54, 1.807) is 6.07 Å². The van der Waals surface area contributed by atoms with Gasteiger partial charge in [-0.1, -0.05) is 11.6 Å². The Labute approximate surface area is 85.1 Å². The van der Waals surface area contributed by atoms with Crippen molar-refractivity contribution in [3.8, 4) is 6.07 Å². The lowest BCUT2D eigenvalue weighted by Gasteiger charge is -2.02. The first kappa shape index (κ1) is 10.3. The van der Waals surface area contributed by atoms with Gasteiger partial charge in [0.2, 0.25) is 0 Å². The van der Waals surface area contributed by atoms with Gasteiger partial charge in [-0.25, -0.2) is 9.78 Å². The van der Waals surface area contributed by atoms with E-state index in [0.29, 0.717) is 0 Å². The SMILES string of the molecule is COC(=O)c1cc(N)c(C#N)c(Cl)n1. The molecule has 0 fully saturated rings. The quantitative estimate of drug-likeness (QED) is 0.552. The Morgan fingerprint density at radius 3 is 2.86 bits per heavy atom. The first-order valence-electron chi connectivity index (χ1n) is 3.54. The Balaban J connectivity index is 3.29. The number of nitriles is 1. The summed E-state index contributed by atoms with van der Waals surface area (Å²) in [5, 5.41) is 8.51. The summed E-state index contributed by atoms with van der Waals surface area (Å²) >= 11 is 5.61. The topological polar surface area (TPSA) is 89.0 Å². The van der Waals surface area contributed by atoms with Crippen molar-refractivity contribution in [1.82, 2.24) is 4.98 Å². The number of esters is 1. The number of hydrogen-bond acceptors (Lipinski definition) is 5. The molecule has 0 aromatic carbocycles. The molecule has 14 heavy (non-hydrogen) atoms. The summed E-state index contributed by atoms with van der Waals surface area (Å²) in [6, 6.07) is 3.02. The Kier molecular flexibility index (Phi) is 2.89. The second-order valence-electron chi connectivity index (χ2n) is 2.37. The Morgan fingerprint density at radius 1 is 1.79 bits per heavy atom. The molecule has 0 amide bonds. The van der Waals surface area contributed by atoms with Crippen LogP contribution in [0.3, 0.4) is 0 Å². The number of nitrogens with two attached hydrogens (primary N) is 1. The van der Waals surface area contributed by atoms with Gasteiger partial charge in [-0.05, 0) is 6.07 Å². The van der Waals surface area contributed by atoms with Gasteiger partial charge >= 0.3 is 5.97 Å². The van der Waals surface area contributed by atoms with Crippen LogP contribution in [0.1, 0.15) is 16.1 Å². The van der Waals surface area contributed by atoms with Crippen LogP contribution in [0.15, 0.2) is 6.07 Å². The van der Waals surface area contributed by atoms with Crippen LogP contribution in [0.5, 0.6) is 0 Å². The zero-order valence-corrected chi connectivity index (χ0v) is 8.00. The molecule has 0 saturated heterocycles. The predicted molar refractivity (Wildman–Crippen MR) is 49.7 cm³/mol. The third-order valence-electron chi connectivity index (χ3n) is 1.51. The van der Waals surface area contributed by atoms with Crippen LogP contribution in [0.25, 0.3) is 0 Å². The first-order valence-corrected chi connectivity index (χ1v) is 3.92. The van der Waals surface area contributed by atoms with E-state index in [1.807, 2.05) is 0 Å². The molecule has 0 unspecified atom stereocenters. The molecule has 0 aliphatic heterocycles. The molecule has 72 valence electrons. The minimum Gasteiger partial charge on any atom is -0.464 e. The van der Waals surface area contributed by atoms with Crippen molar-refractivity contribution in [3.05, 3.63) is 22.5 Å². The minimum absolute atomic E-state index is 0.0194. The fourth-order valence-corrected chi connectivity index (χ4v) is 1.09. The first-order chi connectivity index (χ1) is 6.60. The van der Waals surface area contributed by atoms with Gasteiger partial charge in [0.25, 0.3) is 0 Å². The molecule has 0 radical (unpaired) electrons. The zero-order valence-electron chi connectivity index (χ0n) is 7.24. The van der Waals surface area contributed by atoms with Crippen molar-refractivity contribution in [2.75, 3.05) is 12.8 Å². The van der Waals surface area contributed by atoms with Gasteiger partial charge in [0.1, 0.15) is 16.8 Å². The third kappa shape index (κ3) is 1.75. The van der Waals surface area contributed by atoms with Crippen LogP contribution in [-0.4, -0.2) is 18.1 Å². The average molecular weight is 212 g/mol. The minimum atomic E-state index is -0.650. The third-order valence-corrected chi connectivity index (χ3v) is 1.79. The molecule has 6 heteroatoms. The highest BCUT2D eigenvalue weighted by molar-refractivity contribution is 6.31. The second kappa shape index (κ2) is 3.94. The number of hydrogen-bond donors (Lipinski definition) is 1. The summed E-state index contributed by atoms with van der Waals surface area (Å²) in [5.41, 5.74) is 5.61. The van der Waals surface area contributed by atoms with E-state index in [9.17, 15) is 4.79 Å². The molecule has 0 atom stereocenters. The highest BCUT2D eigenvalue weighted by atomic mass is 35.5. The number of pyridine rings is 1. The van der Waals surface area contributed by atoms with Gasteiger partial charge < -0.3 is 10.5 Å². The van der Waals surface area contributed by atoms with Crippen LogP contribution in [0.4, 0.5) is 5.69 Å². The van der Waals surface area contributed by atoms with Gasteiger partial charge in [-0.3, -0.25) is 0 Å². The summed E-state index contributed by atoms with van der Waals surface area (Å²) < 4.78 is 4.42. The van der Waals surface area contributed by atoms with Crippen molar-refractivity contribution in [3.63, 3.8) is 0 Å². The summed E-state index contributed by atoms with van der Waals surface area (Å²) in [6.07, 6.45) is 0. The number of ether oxygens (including phenoxy) is 1. The number of methoxy groups -OCH3 is 1. The molecule has 0 spiro atoms. The van der Waals surface area contributed by atoms with E-state index < -0.39 is 5.97 Å². The summed E-state index contributed by atoms with van der Waals surface area (Å²) in [5.74, 6) is -0.650. The standard InChI is InChI=1S/C8H6ClN3O2/c1-14-8(13)6-2-5(11)4(3-10)7(9)12-6/h2H,1H3,(H2,11,12). The molecule has 1 heterocycles. The fourth-order valence-electron chi connectivity index (χ4n) is 0.852. The fraction of sp³-hybridized carbons (Fsp3) is 0.125. The van der Waals surface area contributed by atoms with E-state index in [2.05, 4.69) is 9.72 Å². The number of carbonyl (C=O) groups is 1. The van der Waals surface area contributed by atoms with Crippen LogP contribution >= 0.6 is 11.6 Å². The van der Waals surface area contributed by atoms with Crippen molar-refractivity contribution in [2.24, 2.45) is 0 Å². The number of nitrogen functional groups attached to an aromatic ring is 1. The lowest BCUT2D eigenvalue weighted by molar-refractivity contribution is 0.0594. The highest BCUT2D eigenvalue weighted by Gasteiger charge is 2.13. The molecule has 2 N–H and O–H groups in total. The molecule has 0 bridgehead atoms. The van der Waals surface area contributed by atoms with Crippen molar-refractivity contribution < 1.29 is 9.53 Å². The molecular weight excluding hydrogens is 206 g/mol. The molecule has 0 aliphatic rings. The lowest BCUT2D eigenvalue weighted by atomic mass is 10.2. The van der Waals surface area contributed by atoms with E-state index in [-0.39, 0.29) is 22.1 Å². The van der Waals surface area contributed by atoms with Crippen LogP contribution < -0.4 is 5.73 Å². The van der Waals surface area contributed by atoms with Crippen LogP contribution in [0.2, 0.25) is 5.15 Å². The number of anilines is 1.